The Morgan fingerprint density at radius 1 is 1.12 bits per heavy atom. The zero-order chi connectivity index (χ0) is 18.0. The van der Waals surface area contributed by atoms with Gasteiger partial charge in [-0.1, -0.05) is 23.8 Å². The van der Waals surface area contributed by atoms with Crippen LogP contribution in [0.3, 0.4) is 0 Å². The van der Waals surface area contributed by atoms with Crippen molar-refractivity contribution in [3.8, 4) is 11.5 Å². The summed E-state index contributed by atoms with van der Waals surface area (Å²) in [7, 11) is 0. The summed E-state index contributed by atoms with van der Waals surface area (Å²) in [6, 6.07) is 10.00. The number of thioether (sulfide) groups is 1. The van der Waals surface area contributed by atoms with Gasteiger partial charge in [-0.15, -0.1) is 11.8 Å². The van der Waals surface area contributed by atoms with E-state index in [2.05, 4.69) is 38.2 Å². The normalized spacial score (nSPS) is 13.6. The van der Waals surface area contributed by atoms with Crippen LogP contribution in [0.1, 0.15) is 35.2 Å². The maximum Gasteiger partial charge on any atom is 0.231 e. The van der Waals surface area contributed by atoms with Crippen molar-refractivity contribution in [3.05, 3.63) is 52.6 Å². The summed E-state index contributed by atoms with van der Waals surface area (Å²) in [5, 5.41) is 3.05. The lowest BCUT2D eigenvalue weighted by Gasteiger charge is -2.16. The molecular formula is C20H23NO3S. The second kappa shape index (κ2) is 7.40. The first-order chi connectivity index (χ1) is 11.9. The van der Waals surface area contributed by atoms with Gasteiger partial charge in [0.15, 0.2) is 11.5 Å². The number of ether oxygens (including phenoxy) is 2. The van der Waals surface area contributed by atoms with Crippen LogP contribution in [0, 0.1) is 20.8 Å². The van der Waals surface area contributed by atoms with Crippen molar-refractivity contribution in [1.29, 1.82) is 0 Å². The maximum atomic E-state index is 12.3. The summed E-state index contributed by atoms with van der Waals surface area (Å²) in [5.41, 5.74) is 4.70. The summed E-state index contributed by atoms with van der Waals surface area (Å²) in [5.74, 6) is 1.91. The Bertz CT molecular complexity index is 781. The van der Waals surface area contributed by atoms with Gasteiger partial charge in [-0.05, 0) is 56.5 Å². The number of nitrogens with one attached hydrogen (secondary N) is 1. The Labute approximate surface area is 152 Å². The summed E-state index contributed by atoms with van der Waals surface area (Å²) < 4.78 is 10.7. The molecular weight excluding hydrogens is 334 g/mol. The highest BCUT2D eigenvalue weighted by Gasteiger charge is 2.17. The largest absolute Gasteiger partial charge is 0.454 e. The van der Waals surface area contributed by atoms with Gasteiger partial charge in [-0.25, -0.2) is 0 Å². The van der Waals surface area contributed by atoms with E-state index in [1.807, 2.05) is 25.1 Å². The Hall–Kier alpha value is -2.14. The molecule has 3 rings (SSSR count). The average Bonchev–Trinajstić information content (AvgIpc) is 3.01. The number of carbonyl (C=O) groups is 1. The lowest BCUT2D eigenvalue weighted by Crippen LogP contribution is -2.28. The number of hydrogen-bond acceptors (Lipinski definition) is 4. The monoisotopic (exact) mass is 357 g/mol. The lowest BCUT2D eigenvalue weighted by molar-refractivity contribution is -0.119. The molecule has 1 atom stereocenters. The van der Waals surface area contributed by atoms with Crippen LogP contribution in [-0.2, 0) is 4.79 Å². The molecule has 4 nitrogen and oxygen atoms in total. The third kappa shape index (κ3) is 4.10. The molecule has 0 unspecified atom stereocenters. The van der Waals surface area contributed by atoms with E-state index in [9.17, 15) is 4.79 Å². The van der Waals surface area contributed by atoms with Gasteiger partial charge in [0.05, 0.1) is 11.8 Å². The van der Waals surface area contributed by atoms with Crippen LogP contribution in [0.25, 0.3) is 0 Å². The standard InChI is InChI=1S/C20H23NO3S/c1-12-7-13(2)20(14(3)8-12)25-10-19(22)21-15(4)16-5-6-17-18(9-16)24-11-23-17/h5-9,15H,10-11H2,1-4H3,(H,21,22)/t15-/m0/s1. The number of hydrogen-bond donors (Lipinski definition) is 1. The molecule has 0 bridgehead atoms. The third-order valence-electron chi connectivity index (χ3n) is 4.23. The zero-order valence-corrected chi connectivity index (χ0v) is 15.8. The molecule has 1 aliphatic rings. The maximum absolute atomic E-state index is 12.3. The van der Waals surface area contributed by atoms with Crippen molar-refractivity contribution < 1.29 is 14.3 Å². The van der Waals surface area contributed by atoms with Gasteiger partial charge in [0.25, 0.3) is 0 Å². The Balaban J connectivity index is 1.59. The Morgan fingerprint density at radius 3 is 2.52 bits per heavy atom. The number of fused-ring (bicyclic) bond motifs is 1. The molecule has 1 N–H and O–H groups in total. The topological polar surface area (TPSA) is 47.6 Å². The minimum atomic E-state index is -0.0807. The number of carbonyl (C=O) groups excluding carboxylic acids is 1. The number of aryl methyl sites for hydroxylation is 3. The van der Waals surface area contributed by atoms with Crippen molar-refractivity contribution in [2.45, 2.75) is 38.6 Å². The van der Waals surface area contributed by atoms with Crippen molar-refractivity contribution in [2.75, 3.05) is 12.5 Å². The van der Waals surface area contributed by atoms with E-state index in [0.29, 0.717) is 5.75 Å². The fraction of sp³-hybridized carbons (Fsp3) is 0.350. The molecule has 0 aliphatic carbocycles. The van der Waals surface area contributed by atoms with Gasteiger partial charge in [-0.3, -0.25) is 4.79 Å². The van der Waals surface area contributed by atoms with Gasteiger partial charge in [0.2, 0.25) is 12.7 Å². The molecule has 132 valence electrons. The van der Waals surface area contributed by atoms with Crippen LogP contribution in [-0.4, -0.2) is 18.5 Å². The van der Waals surface area contributed by atoms with Crippen molar-refractivity contribution in [1.82, 2.24) is 5.32 Å². The molecule has 2 aromatic carbocycles. The highest BCUT2D eigenvalue weighted by Crippen LogP contribution is 2.34. The molecule has 5 heteroatoms. The van der Waals surface area contributed by atoms with Crippen LogP contribution >= 0.6 is 11.8 Å². The highest BCUT2D eigenvalue weighted by atomic mass is 32.2. The van der Waals surface area contributed by atoms with E-state index in [1.165, 1.54) is 21.6 Å². The molecule has 0 saturated heterocycles. The molecule has 0 spiro atoms. The van der Waals surface area contributed by atoms with Crippen LogP contribution in [0.5, 0.6) is 11.5 Å². The van der Waals surface area contributed by atoms with E-state index in [-0.39, 0.29) is 18.7 Å². The number of benzene rings is 2. The van der Waals surface area contributed by atoms with Crippen LogP contribution < -0.4 is 14.8 Å². The first-order valence-corrected chi connectivity index (χ1v) is 9.32. The SMILES string of the molecule is Cc1cc(C)c(SCC(=O)N[C@@H](C)c2ccc3c(c2)OCO3)c(C)c1. The van der Waals surface area contributed by atoms with Gasteiger partial charge in [-0.2, -0.15) is 0 Å². The number of rotatable bonds is 5. The molecule has 1 aliphatic heterocycles. The van der Waals surface area contributed by atoms with E-state index in [0.717, 1.165) is 17.1 Å². The van der Waals surface area contributed by atoms with Gasteiger partial charge in [0, 0.05) is 4.90 Å². The fourth-order valence-corrected chi connectivity index (χ4v) is 4.01. The van der Waals surface area contributed by atoms with Gasteiger partial charge < -0.3 is 14.8 Å². The second-order valence-electron chi connectivity index (χ2n) is 6.42. The van der Waals surface area contributed by atoms with Crippen LogP contribution in [0.4, 0.5) is 0 Å². The molecule has 0 saturated carbocycles. The quantitative estimate of drug-likeness (QED) is 0.810. The van der Waals surface area contributed by atoms with Crippen molar-refractivity contribution in [2.24, 2.45) is 0 Å². The highest BCUT2D eigenvalue weighted by molar-refractivity contribution is 8.00. The summed E-state index contributed by atoms with van der Waals surface area (Å²) >= 11 is 1.59. The Morgan fingerprint density at radius 2 is 1.80 bits per heavy atom. The Kier molecular flexibility index (Phi) is 5.23. The first-order valence-electron chi connectivity index (χ1n) is 8.33. The number of amides is 1. The molecule has 0 aromatic heterocycles. The molecule has 2 aromatic rings. The molecule has 1 heterocycles. The molecule has 0 fully saturated rings. The third-order valence-corrected chi connectivity index (χ3v) is 5.57. The summed E-state index contributed by atoms with van der Waals surface area (Å²) in [6.07, 6.45) is 0. The van der Waals surface area contributed by atoms with E-state index >= 15 is 0 Å². The minimum absolute atomic E-state index is 0.0227. The lowest BCUT2D eigenvalue weighted by atomic mass is 10.1. The van der Waals surface area contributed by atoms with Crippen LogP contribution in [0.2, 0.25) is 0 Å². The smallest absolute Gasteiger partial charge is 0.231 e. The summed E-state index contributed by atoms with van der Waals surface area (Å²) in [4.78, 5) is 13.5. The van der Waals surface area contributed by atoms with Gasteiger partial charge >= 0.3 is 0 Å². The minimum Gasteiger partial charge on any atom is -0.454 e. The zero-order valence-electron chi connectivity index (χ0n) is 15.0. The predicted molar refractivity (Wildman–Crippen MR) is 100 cm³/mol. The summed E-state index contributed by atoms with van der Waals surface area (Å²) in [6.45, 7) is 8.51. The van der Waals surface area contributed by atoms with Crippen LogP contribution in [0.15, 0.2) is 35.2 Å². The van der Waals surface area contributed by atoms with E-state index in [1.54, 1.807) is 11.8 Å². The predicted octanol–water partition coefficient (Wildman–Crippen LogP) is 4.31. The molecule has 25 heavy (non-hydrogen) atoms. The van der Waals surface area contributed by atoms with Gasteiger partial charge in [0.1, 0.15) is 0 Å². The average molecular weight is 357 g/mol. The molecule has 0 radical (unpaired) electrons. The van der Waals surface area contributed by atoms with E-state index in [4.69, 9.17) is 9.47 Å². The molecule has 1 amide bonds. The van der Waals surface area contributed by atoms with E-state index < -0.39 is 0 Å². The second-order valence-corrected chi connectivity index (χ2v) is 7.40. The first kappa shape index (κ1) is 17.7. The van der Waals surface area contributed by atoms with Crippen molar-refractivity contribution >= 4 is 17.7 Å². The van der Waals surface area contributed by atoms with Crippen molar-refractivity contribution in [3.63, 3.8) is 0 Å². The fourth-order valence-electron chi connectivity index (χ4n) is 3.08.